The Bertz CT molecular complexity index is 352. The molecule has 1 radical (unpaired) electrons. The van der Waals surface area contributed by atoms with Crippen molar-refractivity contribution in [2.75, 3.05) is 14.1 Å². The zero-order valence-electron chi connectivity index (χ0n) is 9.70. The van der Waals surface area contributed by atoms with Crippen molar-refractivity contribution in [1.29, 1.82) is 0 Å². The topological polar surface area (TPSA) is 3.24 Å². The van der Waals surface area contributed by atoms with Crippen LogP contribution in [0.1, 0.15) is 12.5 Å². The second-order valence-electron chi connectivity index (χ2n) is 3.77. The lowest BCUT2D eigenvalue weighted by Gasteiger charge is -2.13. The summed E-state index contributed by atoms with van der Waals surface area (Å²) in [5.74, 6) is 2.09. The van der Waals surface area contributed by atoms with Gasteiger partial charge in [-0.05, 0) is 18.1 Å². The van der Waals surface area contributed by atoms with E-state index in [1.165, 1.54) is 11.1 Å². The van der Waals surface area contributed by atoms with Crippen molar-refractivity contribution in [3.8, 4) is 0 Å². The van der Waals surface area contributed by atoms with Crippen molar-refractivity contribution in [3.63, 3.8) is 0 Å². The van der Waals surface area contributed by atoms with Gasteiger partial charge < -0.3 is 4.90 Å². The highest BCUT2D eigenvalue weighted by Gasteiger charge is 1.98. The molecule has 0 saturated carbocycles. The van der Waals surface area contributed by atoms with Gasteiger partial charge in [-0.2, -0.15) is 0 Å². The molecule has 0 amide bonds. The predicted molar refractivity (Wildman–Crippen MR) is 68.7 cm³/mol. The molecule has 0 aromatic heterocycles. The fourth-order valence-corrected chi connectivity index (χ4v) is 1.17. The Morgan fingerprint density at radius 1 is 1.27 bits per heavy atom. The summed E-state index contributed by atoms with van der Waals surface area (Å²) in [6, 6.07) is 10.3. The van der Waals surface area contributed by atoms with Gasteiger partial charge in [0.1, 0.15) is 0 Å². The number of allylic oxidation sites excluding steroid dienone is 1. The van der Waals surface area contributed by atoms with Crippen LogP contribution >= 0.6 is 0 Å². The molecular weight excluding hydrogens is 181 g/mol. The average molecular weight is 198 g/mol. The molecule has 0 heterocycles. The highest BCUT2D eigenvalue weighted by Crippen LogP contribution is 2.12. The van der Waals surface area contributed by atoms with E-state index < -0.39 is 0 Å². The van der Waals surface area contributed by atoms with E-state index in [0.717, 1.165) is 5.60 Å². The minimum Gasteiger partial charge on any atom is -0.389 e. The zero-order chi connectivity index (χ0) is 11.3. The fraction of sp³-hybridized carbons (Fsp3) is 0.231. The molecular formula is C13H17BN. The number of hydrogen-bond donors (Lipinski definition) is 0. The maximum Gasteiger partial charge on any atom is 0.203 e. The van der Waals surface area contributed by atoms with Crippen LogP contribution in [-0.2, 0) is 0 Å². The number of rotatable bonds is 4. The van der Waals surface area contributed by atoms with E-state index >= 15 is 0 Å². The second-order valence-corrected chi connectivity index (χ2v) is 3.77. The summed E-state index contributed by atoms with van der Waals surface area (Å²) in [4.78, 5) is 1.99. The van der Waals surface area contributed by atoms with Crippen molar-refractivity contribution < 1.29 is 0 Å². The first-order chi connectivity index (χ1) is 7.11. The largest absolute Gasteiger partial charge is 0.389 e. The fourth-order valence-electron chi connectivity index (χ4n) is 1.17. The number of benzene rings is 1. The van der Waals surface area contributed by atoms with Gasteiger partial charge in [-0.25, -0.2) is 0 Å². The minimum atomic E-state index is 1.00. The molecule has 1 aromatic rings. The molecule has 1 nitrogen and oxygen atoms in total. The van der Waals surface area contributed by atoms with Crippen LogP contribution in [0.15, 0.2) is 48.5 Å². The van der Waals surface area contributed by atoms with Gasteiger partial charge in [0.2, 0.25) is 7.28 Å². The normalized spacial score (nSPS) is 11.0. The molecule has 0 bridgehead atoms. The average Bonchev–Trinajstić information content (AvgIpc) is 2.26. The Balaban J connectivity index is 2.65. The van der Waals surface area contributed by atoms with Gasteiger partial charge >= 0.3 is 0 Å². The van der Waals surface area contributed by atoms with Crippen LogP contribution in [0.2, 0.25) is 0 Å². The summed E-state index contributed by atoms with van der Waals surface area (Å²) in [6.07, 6.45) is 0. The molecule has 77 valence electrons. The van der Waals surface area contributed by atoms with Gasteiger partial charge in [-0.15, -0.1) is 5.98 Å². The van der Waals surface area contributed by atoms with Crippen molar-refractivity contribution >= 4 is 12.9 Å². The summed E-state index contributed by atoms with van der Waals surface area (Å²) < 4.78 is 0. The lowest BCUT2D eigenvalue weighted by Crippen LogP contribution is -2.14. The first kappa shape index (κ1) is 11.6. The molecule has 0 unspecified atom stereocenters. The lowest BCUT2D eigenvalue weighted by molar-refractivity contribution is 0.547. The summed E-state index contributed by atoms with van der Waals surface area (Å²) in [6.45, 7) is 6.05. The van der Waals surface area contributed by atoms with E-state index in [-0.39, 0.29) is 0 Å². The van der Waals surface area contributed by atoms with E-state index in [1.54, 1.807) is 0 Å². The van der Waals surface area contributed by atoms with Crippen molar-refractivity contribution in [3.05, 3.63) is 54.0 Å². The zero-order valence-corrected chi connectivity index (χ0v) is 9.70. The first-order valence-electron chi connectivity index (χ1n) is 5.04. The Hall–Kier alpha value is -1.44. The Morgan fingerprint density at radius 2 is 1.87 bits per heavy atom. The molecule has 1 rings (SSSR count). The maximum atomic E-state index is 3.95. The molecule has 0 spiro atoms. The summed E-state index contributed by atoms with van der Waals surface area (Å²) in [5.41, 5.74) is 3.50. The lowest BCUT2D eigenvalue weighted by atomic mass is 9.72. The first-order valence-corrected chi connectivity index (χ1v) is 5.04. The molecule has 1 aromatic carbocycles. The third-order valence-electron chi connectivity index (χ3n) is 2.33. The molecule has 15 heavy (non-hydrogen) atoms. The van der Waals surface area contributed by atoms with E-state index in [9.17, 15) is 0 Å². The number of hydrogen-bond acceptors (Lipinski definition) is 1. The highest BCUT2D eigenvalue weighted by molar-refractivity contribution is 6.51. The molecule has 2 heteroatoms. The maximum absolute atomic E-state index is 3.95. The van der Waals surface area contributed by atoms with Gasteiger partial charge in [0, 0.05) is 14.1 Å². The summed E-state index contributed by atoms with van der Waals surface area (Å²) >= 11 is 0. The van der Waals surface area contributed by atoms with Crippen LogP contribution in [0.25, 0.3) is 5.57 Å². The van der Waals surface area contributed by atoms with E-state index in [0.29, 0.717) is 0 Å². The summed E-state index contributed by atoms with van der Waals surface area (Å²) in [5, 5.41) is 0. The predicted octanol–water partition coefficient (Wildman–Crippen LogP) is 2.78. The number of nitrogens with zero attached hydrogens (tertiary/aromatic N) is 1. The highest BCUT2D eigenvalue weighted by atomic mass is 15.0. The third-order valence-corrected chi connectivity index (χ3v) is 2.33. The van der Waals surface area contributed by atoms with Crippen LogP contribution in [0.4, 0.5) is 0 Å². The second kappa shape index (κ2) is 5.45. The minimum absolute atomic E-state index is 1.00. The van der Waals surface area contributed by atoms with E-state index in [4.69, 9.17) is 0 Å². The molecule has 0 aliphatic carbocycles. The monoisotopic (exact) mass is 198 g/mol. The van der Waals surface area contributed by atoms with Gasteiger partial charge in [0.15, 0.2) is 0 Å². The SMILES string of the molecule is C=C([B]/C=C(\C)c1ccccc1)N(C)C. The van der Waals surface area contributed by atoms with Crippen molar-refractivity contribution in [1.82, 2.24) is 4.90 Å². The standard InChI is InChI=1S/C13H17BN/c1-11(10-14-12(2)15(3)4)13-8-6-5-7-9-13/h5-10H,2H2,1,3-4H3/b11-10+. The van der Waals surface area contributed by atoms with Crippen LogP contribution in [-0.4, -0.2) is 26.3 Å². The Morgan fingerprint density at radius 3 is 2.40 bits per heavy atom. The van der Waals surface area contributed by atoms with Crippen LogP contribution in [0, 0.1) is 0 Å². The van der Waals surface area contributed by atoms with Crippen LogP contribution in [0.3, 0.4) is 0 Å². The van der Waals surface area contributed by atoms with Crippen molar-refractivity contribution in [2.45, 2.75) is 6.92 Å². The van der Waals surface area contributed by atoms with Crippen LogP contribution in [0.5, 0.6) is 0 Å². The van der Waals surface area contributed by atoms with E-state index in [2.05, 4.69) is 31.6 Å². The van der Waals surface area contributed by atoms with Gasteiger partial charge in [-0.1, -0.05) is 42.5 Å². The third kappa shape index (κ3) is 3.66. The summed E-state index contributed by atoms with van der Waals surface area (Å²) in [7, 11) is 6.01. The molecule has 0 aliphatic heterocycles. The quantitative estimate of drug-likeness (QED) is 0.672. The molecule has 0 aliphatic rings. The Kier molecular flexibility index (Phi) is 4.23. The van der Waals surface area contributed by atoms with Gasteiger partial charge in [0.25, 0.3) is 0 Å². The molecule has 0 N–H and O–H groups in total. The Labute approximate surface area is 93.4 Å². The van der Waals surface area contributed by atoms with E-state index in [1.807, 2.05) is 44.5 Å². The van der Waals surface area contributed by atoms with Gasteiger partial charge in [0.05, 0.1) is 0 Å². The van der Waals surface area contributed by atoms with Crippen LogP contribution < -0.4 is 0 Å². The molecule has 0 fully saturated rings. The molecule has 0 atom stereocenters. The molecule has 0 saturated heterocycles. The van der Waals surface area contributed by atoms with Crippen molar-refractivity contribution in [2.24, 2.45) is 0 Å². The van der Waals surface area contributed by atoms with Gasteiger partial charge in [-0.3, -0.25) is 0 Å². The smallest absolute Gasteiger partial charge is 0.203 e.